The van der Waals surface area contributed by atoms with Gasteiger partial charge in [0.15, 0.2) is 0 Å². The number of fused-ring (bicyclic) bond motifs is 1. The van der Waals surface area contributed by atoms with Crippen LogP contribution < -0.4 is 15.4 Å². The van der Waals surface area contributed by atoms with Crippen LogP contribution in [0.15, 0.2) is 18.2 Å². The summed E-state index contributed by atoms with van der Waals surface area (Å²) in [6.07, 6.45) is 0. The number of ether oxygens (including phenoxy) is 2. The Kier molecular flexibility index (Phi) is 4.17. The minimum Gasteiger partial charge on any atom is -0.491 e. The van der Waals surface area contributed by atoms with Crippen molar-refractivity contribution in [1.82, 2.24) is 5.32 Å². The summed E-state index contributed by atoms with van der Waals surface area (Å²) in [4.78, 5) is 11.6. The number of benzene rings is 1. The minimum atomic E-state index is -0.266. The van der Waals surface area contributed by atoms with Crippen molar-refractivity contribution in [2.45, 2.75) is 13.0 Å². The zero-order chi connectivity index (χ0) is 13.0. The van der Waals surface area contributed by atoms with Gasteiger partial charge in [-0.2, -0.15) is 0 Å². The van der Waals surface area contributed by atoms with Crippen molar-refractivity contribution in [2.75, 3.05) is 32.2 Å². The van der Waals surface area contributed by atoms with Crippen LogP contribution in [0.3, 0.4) is 0 Å². The van der Waals surface area contributed by atoms with Gasteiger partial charge in [-0.05, 0) is 20.0 Å². The van der Waals surface area contributed by atoms with Gasteiger partial charge in [-0.15, -0.1) is 0 Å². The van der Waals surface area contributed by atoms with E-state index >= 15 is 0 Å². The fraction of sp³-hybridized carbons (Fsp3) is 0.462. The number of hydrogen-bond donors (Lipinski definition) is 2. The van der Waals surface area contributed by atoms with Crippen molar-refractivity contribution in [3.8, 4) is 5.75 Å². The summed E-state index contributed by atoms with van der Waals surface area (Å²) in [5.74, 6) is 0.712. The molecular weight excluding hydrogens is 232 g/mol. The first-order chi connectivity index (χ1) is 8.76. The van der Waals surface area contributed by atoms with Crippen LogP contribution >= 0.6 is 0 Å². The Morgan fingerprint density at radius 2 is 2.22 bits per heavy atom. The topological polar surface area (TPSA) is 59.6 Å². The van der Waals surface area contributed by atoms with Crippen LogP contribution in [-0.4, -0.2) is 32.8 Å². The average Bonchev–Trinajstić information content (AvgIpc) is 2.69. The molecule has 0 aromatic heterocycles. The third-order valence-electron chi connectivity index (χ3n) is 2.85. The Morgan fingerprint density at radius 1 is 1.39 bits per heavy atom. The summed E-state index contributed by atoms with van der Waals surface area (Å²) in [6, 6.07) is 5.36. The normalized spacial score (nSPS) is 17.4. The monoisotopic (exact) mass is 250 g/mol. The van der Waals surface area contributed by atoms with Crippen molar-refractivity contribution < 1.29 is 14.3 Å². The molecule has 0 saturated carbocycles. The molecule has 1 atom stereocenters. The molecule has 1 aromatic rings. The van der Waals surface area contributed by atoms with E-state index in [2.05, 4.69) is 10.6 Å². The molecule has 0 aliphatic carbocycles. The van der Waals surface area contributed by atoms with Gasteiger partial charge in [0.05, 0.1) is 6.61 Å². The van der Waals surface area contributed by atoms with E-state index < -0.39 is 0 Å². The quantitative estimate of drug-likeness (QED) is 0.747. The third-order valence-corrected chi connectivity index (χ3v) is 2.85. The maximum atomic E-state index is 11.6. The van der Waals surface area contributed by atoms with Gasteiger partial charge in [0.25, 0.3) is 0 Å². The molecule has 0 radical (unpaired) electrons. The molecule has 1 heterocycles. The second-order valence-corrected chi connectivity index (χ2v) is 4.01. The first-order valence-electron chi connectivity index (χ1n) is 6.09. The zero-order valence-corrected chi connectivity index (χ0v) is 10.7. The molecule has 0 spiro atoms. The molecule has 18 heavy (non-hydrogen) atoms. The lowest BCUT2D eigenvalue weighted by atomic mass is 10.1. The van der Waals surface area contributed by atoms with Gasteiger partial charge >= 0.3 is 0 Å². The van der Waals surface area contributed by atoms with Gasteiger partial charge in [0.2, 0.25) is 5.91 Å². The maximum absolute atomic E-state index is 11.6. The largest absolute Gasteiger partial charge is 0.491 e. The molecule has 2 rings (SSSR count). The van der Waals surface area contributed by atoms with E-state index in [1.165, 1.54) is 0 Å². The van der Waals surface area contributed by atoms with Crippen molar-refractivity contribution in [1.29, 1.82) is 0 Å². The standard InChI is InChI=1S/C13H18N2O3/c1-3-17-6-7-18-9-4-5-10-11(8-9)15-13(16)12(10)14-2/h4-5,8,12,14H,3,6-7H2,1-2H3,(H,15,16). The molecule has 0 bridgehead atoms. The van der Waals surface area contributed by atoms with Gasteiger partial charge in [-0.25, -0.2) is 0 Å². The molecule has 1 unspecified atom stereocenters. The number of carbonyl (C=O) groups excluding carboxylic acids is 1. The molecule has 0 fully saturated rings. The van der Waals surface area contributed by atoms with E-state index in [9.17, 15) is 4.79 Å². The van der Waals surface area contributed by atoms with Crippen LogP contribution in [0, 0.1) is 0 Å². The Morgan fingerprint density at radius 3 is 2.94 bits per heavy atom. The van der Waals surface area contributed by atoms with Crippen LogP contribution in [0.5, 0.6) is 5.75 Å². The van der Waals surface area contributed by atoms with Gasteiger partial charge in [-0.3, -0.25) is 4.79 Å². The van der Waals surface area contributed by atoms with Crippen molar-refractivity contribution >= 4 is 11.6 Å². The smallest absolute Gasteiger partial charge is 0.246 e. The Hall–Kier alpha value is -1.59. The van der Waals surface area contributed by atoms with Crippen LogP contribution in [0.2, 0.25) is 0 Å². The highest BCUT2D eigenvalue weighted by Gasteiger charge is 2.29. The number of nitrogens with one attached hydrogen (secondary N) is 2. The first kappa shape index (κ1) is 12.9. The summed E-state index contributed by atoms with van der Waals surface area (Å²) in [6.45, 7) is 3.71. The fourth-order valence-electron chi connectivity index (χ4n) is 1.98. The molecular formula is C13H18N2O3. The van der Waals surface area contributed by atoms with Gasteiger partial charge in [0.1, 0.15) is 18.4 Å². The molecule has 1 aliphatic rings. The fourth-order valence-corrected chi connectivity index (χ4v) is 1.98. The summed E-state index contributed by atoms with van der Waals surface area (Å²) in [7, 11) is 1.77. The molecule has 98 valence electrons. The highest BCUT2D eigenvalue weighted by atomic mass is 16.5. The molecule has 0 saturated heterocycles. The average molecular weight is 250 g/mol. The lowest BCUT2D eigenvalue weighted by Crippen LogP contribution is -2.23. The van der Waals surface area contributed by atoms with E-state index in [1.54, 1.807) is 7.05 Å². The highest BCUT2D eigenvalue weighted by molar-refractivity contribution is 6.02. The van der Waals surface area contributed by atoms with E-state index in [0.717, 1.165) is 17.0 Å². The first-order valence-corrected chi connectivity index (χ1v) is 6.09. The summed E-state index contributed by atoms with van der Waals surface area (Å²) in [5, 5.41) is 5.80. The number of rotatable bonds is 6. The van der Waals surface area contributed by atoms with Crippen molar-refractivity contribution in [3.05, 3.63) is 23.8 Å². The molecule has 1 amide bonds. The molecule has 1 aromatic carbocycles. The lowest BCUT2D eigenvalue weighted by Gasteiger charge is -2.09. The Labute approximate surface area is 106 Å². The van der Waals surface area contributed by atoms with E-state index in [1.807, 2.05) is 25.1 Å². The zero-order valence-electron chi connectivity index (χ0n) is 10.7. The Balaban J connectivity index is 2.01. The van der Waals surface area contributed by atoms with E-state index in [4.69, 9.17) is 9.47 Å². The van der Waals surface area contributed by atoms with Gasteiger partial charge < -0.3 is 20.1 Å². The summed E-state index contributed by atoms with van der Waals surface area (Å²) >= 11 is 0. The summed E-state index contributed by atoms with van der Waals surface area (Å²) < 4.78 is 10.7. The van der Waals surface area contributed by atoms with Crippen molar-refractivity contribution in [3.63, 3.8) is 0 Å². The van der Waals surface area contributed by atoms with Crippen LogP contribution in [0.25, 0.3) is 0 Å². The van der Waals surface area contributed by atoms with Crippen LogP contribution in [0.4, 0.5) is 5.69 Å². The summed E-state index contributed by atoms with van der Waals surface area (Å²) in [5.41, 5.74) is 1.77. The van der Waals surface area contributed by atoms with Gasteiger partial charge in [-0.1, -0.05) is 6.07 Å². The predicted octanol–water partition coefficient (Wildman–Crippen LogP) is 1.31. The number of carbonyl (C=O) groups is 1. The second-order valence-electron chi connectivity index (χ2n) is 4.01. The number of likely N-dealkylation sites (N-methyl/N-ethyl adjacent to an activating group) is 1. The van der Waals surface area contributed by atoms with Gasteiger partial charge in [0, 0.05) is 23.9 Å². The van der Waals surface area contributed by atoms with E-state index in [-0.39, 0.29) is 11.9 Å². The Bertz CT molecular complexity index is 434. The van der Waals surface area contributed by atoms with E-state index in [0.29, 0.717) is 19.8 Å². The number of amides is 1. The minimum absolute atomic E-state index is 0.0287. The molecule has 2 N–H and O–H groups in total. The van der Waals surface area contributed by atoms with Crippen molar-refractivity contribution in [2.24, 2.45) is 0 Å². The number of hydrogen-bond acceptors (Lipinski definition) is 4. The highest BCUT2D eigenvalue weighted by Crippen LogP contribution is 2.33. The molecule has 1 aliphatic heterocycles. The third kappa shape index (κ3) is 2.63. The molecule has 5 heteroatoms. The SMILES string of the molecule is CCOCCOc1ccc2c(c1)NC(=O)C2NC. The predicted molar refractivity (Wildman–Crippen MR) is 68.9 cm³/mol. The van der Waals surface area contributed by atoms with Crippen LogP contribution in [-0.2, 0) is 9.53 Å². The molecule has 5 nitrogen and oxygen atoms in total. The number of anilines is 1. The van der Waals surface area contributed by atoms with Crippen LogP contribution in [0.1, 0.15) is 18.5 Å². The lowest BCUT2D eigenvalue weighted by molar-refractivity contribution is -0.117. The second kappa shape index (κ2) is 5.84. The maximum Gasteiger partial charge on any atom is 0.246 e.